The van der Waals surface area contributed by atoms with E-state index in [1.165, 1.54) is 18.2 Å². The van der Waals surface area contributed by atoms with Crippen LogP contribution in [0.3, 0.4) is 0 Å². The van der Waals surface area contributed by atoms with Gasteiger partial charge in [0.2, 0.25) is 5.91 Å². The highest BCUT2D eigenvalue weighted by atomic mass is 32.2. The van der Waals surface area contributed by atoms with Crippen LogP contribution in [0.1, 0.15) is 20.3 Å². The lowest BCUT2D eigenvalue weighted by Gasteiger charge is -2.30. The third-order valence-electron chi connectivity index (χ3n) is 4.43. The number of amides is 1. The summed E-state index contributed by atoms with van der Waals surface area (Å²) in [6, 6.07) is 3.16. The predicted molar refractivity (Wildman–Crippen MR) is 90.2 cm³/mol. The Morgan fingerprint density at radius 1 is 1.38 bits per heavy atom. The fourth-order valence-electron chi connectivity index (χ4n) is 3.21. The SMILES string of the molecule is CCN(C(=O)C(C)Nc1ccc2c(c1)OC(F)(F)O2)C1CCS(=O)(=O)C1. The molecule has 1 aromatic rings. The van der Waals surface area contributed by atoms with Crippen molar-refractivity contribution in [3.63, 3.8) is 0 Å². The highest BCUT2D eigenvalue weighted by Crippen LogP contribution is 2.42. The number of anilines is 1. The summed E-state index contributed by atoms with van der Waals surface area (Å²) in [5.74, 6) is -0.393. The molecular formula is C16H20F2N2O5S. The van der Waals surface area contributed by atoms with E-state index in [1.54, 1.807) is 18.7 Å². The molecule has 1 aromatic carbocycles. The Bertz CT molecular complexity index is 815. The summed E-state index contributed by atoms with van der Waals surface area (Å²) in [6.07, 6.45) is -3.27. The van der Waals surface area contributed by atoms with Crippen LogP contribution in [0.5, 0.6) is 11.5 Å². The van der Waals surface area contributed by atoms with Crippen molar-refractivity contribution in [1.29, 1.82) is 0 Å². The third-order valence-corrected chi connectivity index (χ3v) is 6.18. The Morgan fingerprint density at radius 2 is 2.08 bits per heavy atom. The molecule has 1 saturated heterocycles. The Morgan fingerprint density at radius 3 is 2.69 bits per heavy atom. The topological polar surface area (TPSA) is 84.9 Å². The van der Waals surface area contributed by atoms with E-state index < -0.39 is 22.2 Å². The molecule has 10 heteroatoms. The number of halogens is 2. The molecule has 2 aliphatic rings. The lowest BCUT2D eigenvalue weighted by Crippen LogP contribution is -2.47. The molecule has 2 heterocycles. The normalized spacial score (nSPS) is 23.5. The number of nitrogens with zero attached hydrogens (tertiary/aromatic N) is 1. The number of carbonyl (C=O) groups excluding carboxylic acids is 1. The van der Waals surface area contributed by atoms with Gasteiger partial charge in [-0.3, -0.25) is 4.79 Å². The molecule has 26 heavy (non-hydrogen) atoms. The second-order valence-electron chi connectivity index (χ2n) is 6.38. The molecule has 2 unspecified atom stereocenters. The molecular weight excluding hydrogens is 370 g/mol. The minimum absolute atomic E-state index is 0.0294. The van der Waals surface area contributed by atoms with E-state index in [-0.39, 0.29) is 35.0 Å². The first-order valence-electron chi connectivity index (χ1n) is 8.27. The lowest BCUT2D eigenvalue weighted by molar-refractivity contribution is -0.286. The largest absolute Gasteiger partial charge is 0.586 e. The highest BCUT2D eigenvalue weighted by Gasteiger charge is 2.43. The van der Waals surface area contributed by atoms with Crippen LogP contribution in [-0.2, 0) is 14.6 Å². The zero-order chi connectivity index (χ0) is 19.1. The Balaban J connectivity index is 1.68. The number of carbonyl (C=O) groups is 1. The number of benzene rings is 1. The average molecular weight is 390 g/mol. The Hall–Kier alpha value is -2.10. The quantitative estimate of drug-likeness (QED) is 0.826. The summed E-state index contributed by atoms with van der Waals surface area (Å²) in [6.45, 7) is 3.81. The fourth-order valence-corrected chi connectivity index (χ4v) is 4.95. The van der Waals surface area contributed by atoms with E-state index in [9.17, 15) is 22.0 Å². The van der Waals surface area contributed by atoms with Crippen LogP contribution in [0.25, 0.3) is 0 Å². The first kappa shape index (κ1) is 18.7. The van der Waals surface area contributed by atoms with E-state index in [4.69, 9.17) is 0 Å². The van der Waals surface area contributed by atoms with Gasteiger partial charge < -0.3 is 19.7 Å². The zero-order valence-corrected chi connectivity index (χ0v) is 15.2. The van der Waals surface area contributed by atoms with Crippen molar-refractivity contribution < 1.29 is 31.5 Å². The molecule has 1 N–H and O–H groups in total. The maximum Gasteiger partial charge on any atom is 0.586 e. The van der Waals surface area contributed by atoms with E-state index in [2.05, 4.69) is 14.8 Å². The van der Waals surface area contributed by atoms with Gasteiger partial charge in [0.05, 0.1) is 11.5 Å². The molecule has 3 rings (SSSR count). The number of fused-ring (bicyclic) bond motifs is 1. The van der Waals surface area contributed by atoms with E-state index >= 15 is 0 Å². The van der Waals surface area contributed by atoms with Crippen LogP contribution in [0.15, 0.2) is 18.2 Å². The van der Waals surface area contributed by atoms with Crippen LogP contribution < -0.4 is 14.8 Å². The van der Waals surface area contributed by atoms with Gasteiger partial charge in [0.1, 0.15) is 6.04 Å². The van der Waals surface area contributed by atoms with Gasteiger partial charge in [-0.2, -0.15) is 0 Å². The molecule has 1 amide bonds. The maximum absolute atomic E-state index is 13.1. The van der Waals surface area contributed by atoms with E-state index in [0.29, 0.717) is 18.7 Å². The smallest absolute Gasteiger partial charge is 0.395 e. The van der Waals surface area contributed by atoms with Gasteiger partial charge in [0, 0.05) is 24.3 Å². The molecule has 0 aromatic heterocycles. The Labute approximate surface area is 150 Å². The van der Waals surface area contributed by atoms with Crippen molar-refractivity contribution in [3.8, 4) is 11.5 Å². The maximum atomic E-state index is 13.1. The monoisotopic (exact) mass is 390 g/mol. The summed E-state index contributed by atoms with van der Waals surface area (Å²) >= 11 is 0. The highest BCUT2D eigenvalue weighted by molar-refractivity contribution is 7.91. The van der Waals surface area contributed by atoms with Crippen LogP contribution in [-0.4, -0.2) is 55.7 Å². The predicted octanol–water partition coefficient (Wildman–Crippen LogP) is 1.84. The van der Waals surface area contributed by atoms with E-state index in [0.717, 1.165) is 0 Å². The van der Waals surface area contributed by atoms with Gasteiger partial charge in [-0.1, -0.05) is 0 Å². The molecule has 1 fully saturated rings. The lowest BCUT2D eigenvalue weighted by atomic mass is 10.1. The summed E-state index contributed by atoms with van der Waals surface area (Å²) in [5.41, 5.74) is 0.418. The molecule has 2 aliphatic heterocycles. The second-order valence-corrected chi connectivity index (χ2v) is 8.60. The number of ether oxygens (including phenoxy) is 2. The number of hydrogen-bond donors (Lipinski definition) is 1. The number of rotatable bonds is 5. The van der Waals surface area contributed by atoms with Gasteiger partial charge in [0.15, 0.2) is 21.3 Å². The molecule has 0 radical (unpaired) electrons. The first-order valence-corrected chi connectivity index (χ1v) is 10.1. The molecule has 0 spiro atoms. The number of hydrogen-bond acceptors (Lipinski definition) is 6. The average Bonchev–Trinajstić information content (AvgIpc) is 3.04. The number of alkyl halides is 2. The molecule has 2 atom stereocenters. The third kappa shape index (κ3) is 3.84. The van der Waals surface area contributed by atoms with Crippen LogP contribution in [0, 0.1) is 0 Å². The molecule has 0 saturated carbocycles. The van der Waals surface area contributed by atoms with Crippen molar-refractivity contribution in [2.45, 2.75) is 38.6 Å². The molecule has 7 nitrogen and oxygen atoms in total. The fraction of sp³-hybridized carbons (Fsp3) is 0.562. The molecule has 0 aliphatic carbocycles. The van der Waals surface area contributed by atoms with Gasteiger partial charge in [-0.15, -0.1) is 8.78 Å². The van der Waals surface area contributed by atoms with Crippen molar-refractivity contribution in [1.82, 2.24) is 4.90 Å². The van der Waals surface area contributed by atoms with Crippen molar-refractivity contribution in [3.05, 3.63) is 18.2 Å². The standard InChI is InChI=1S/C16H20F2N2O5S/c1-3-20(12-6-7-26(22,23)9-12)15(21)10(2)19-11-4-5-13-14(8-11)25-16(17,18)24-13/h4-5,8,10,12,19H,3,6-7,9H2,1-2H3. The number of nitrogens with one attached hydrogen (secondary N) is 1. The Kier molecular flexibility index (Phi) is 4.72. The molecule has 0 bridgehead atoms. The van der Waals surface area contributed by atoms with Crippen molar-refractivity contribution in [2.75, 3.05) is 23.4 Å². The minimum atomic E-state index is -3.70. The van der Waals surface area contributed by atoms with Crippen LogP contribution >= 0.6 is 0 Å². The zero-order valence-electron chi connectivity index (χ0n) is 14.4. The second kappa shape index (κ2) is 6.57. The van der Waals surface area contributed by atoms with Crippen LogP contribution in [0.2, 0.25) is 0 Å². The summed E-state index contributed by atoms with van der Waals surface area (Å²) in [7, 11) is -3.10. The van der Waals surface area contributed by atoms with Gasteiger partial charge in [-0.25, -0.2) is 8.42 Å². The van der Waals surface area contributed by atoms with E-state index in [1.807, 2.05) is 0 Å². The first-order chi connectivity index (χ1) is 12.1. The summed E-state index contributed by atoms with van der Waals surface area (Å²) < 4.78 is 58.2. The van der Waals surface area contributed by atoms with Crippen LogP contribution in [0.4, 0.5) is 14.5 Å². The number of sulfone groups is 1. The summed E-state index contributed by atoms with van der Waals surface area (Å²) in [5, 5.41) is 2.94. The van der Waals surface area contributed by atoms with Gasteiger partial charge >= 0.3 is 6.29 Å². The molecule has 144 valence electrons. The van der Waals surface area contributed by atoms with Crippen molar-refractivity contribution in [2.24, 2.45) is 0 Å². The minimum Gasteiger partial charge on any atom is -0.395 e. The van der Waals surface area contributed by atoms with Gasteiger partial charge in [0.25, 0.3) is 0 Å². The van der Waals surface area contributed by atoms with Gasteiger partial charge in [-0.05, 0) is 32.4 Å². The van der Waals surface area contributed by atoms with Crippen molar-refractivity contribution >= 4 is 21.4 Å². The summed E-state index contributed by atoms with van der Waals surface area (Å²) in [4.78, 5) is 14.3. The number of likely N-dealkylation sites (N-methyl/N-ethyl adjacent to an activating group) is 1.